The Kier molecular flexibility index (Phi) is 3.37. The maximum Gasteiger partial charge on any atom is 0.342 e. The second kappa shape index (κ2) is 3.82. The maximum atomic E-state index is 11.1. The minimum Gasteiger partial charge on any atom is -0.478 e. The van der Waals surface area contributed by atoms with Crippen molar-refractivity contribution < 1.29 is 19.2 Å². The molecule has 0 radical (unpaired) electrons. The number of aliphatic carboxylic acids is 1. The zero-order chi connectivity index (χ0) is 9.78. The Bertz CT molecular complexity index is 241. The third-order valence-electron chi connectivity index (χ3n) is 1.33. The third-order valence-corrected chi connectivity index (χ3v) is 1.33. The molecule has 0 heterocycles. The Labute approximate surface area is 71.0 Å². The number of carbonyl (C=O) groups excluding carboxylic acids is 1. The monoisotopic (exact) mass is 170 g/mol. The van der Waals surface area contributed by atoms with Gasteiger partial charge in [-0.3, -0.25) is 0 Å². The van der Waals surface area contributed by atoms with Gasteiger partial charge < -0.3 is 5.11 Å². The first-order valence-corrected chi connectivity index (χ1v) is 3.33. The van der Waals surface area contributed by atoms with Gasteiger partial charge in [-0.2, -0.15) is 0 Å². The summed E-state index contributed by atoms with van der Waals surface area (Å²) in [6.07, 6.45) is 3.37. The van der Waals surface area contributed by atoms with Crippen molar-refractivity contribution in [1.29, 1.82) is 0 Å². The van der Waals surface area contributed by atoms with Crippen LogP contribution in [-0.4, -0.2) is 35.6 Å². The van der Waals surface area contributed by atoms with Crippen LogP contribution in [0.3, 0.4) is 0 Å². The average molecular weight is 170 g/mol. The number of nitrogens with zero attached hydrogens (tertiary/aromatic N) is 1. The van der Waals surface area contributed by atoms with Crippen molar-refractivity contribution in [3.05, 3.63) is 24.9 Å². The number of carbonyl (C=O) groups is 2. The Morgan fingerprint density at radius 2 is 1.92 bits per heavy atom. The lowest BCUT2D eigenvalue weighted by Crippen LogP contribution is -2.38. The lowest BCUT2D eigenvalue weighted by atomic mass is 10.4. The zero-order valence-corrected chi connectivity index (χ0v) is 7.15. The van der Waals surface area contributed by atoms with Crippen molar-refractivity contribution in [3.63, 3.8) is 0 Å². The van der Waals surface area contributed by atoms with E-state index in [1.165, 1.54) is 6.20 Å². The van der Waals surface area contributed by atoms with Crippen LogP contribution in [0.25, 0.3) is 0 Å². The zero-order valence-electron chi connectivity index (χ0n) is 7.15. The third kappa shape index (κ3) is 3.12. The summed E-state index contributed by atoms with van der Waals surface area (Å²) in [5, 5.41) is 8.30. The van der Waals surface area contributed by atoms with E-state index in [2.05, 4.69) is 6.58 Å². The predicted molar refractivity (Wildman–Crippen MR) is 44.1 cm³/mol. The molecule has 12 heavy (non-hydrogen) atoms. The molecule has 0 unspecified atom stereocenters. The largest absolute Gasteiger partial charge is 0.478 e. The van der Waals surface area contributed by atoms with Crippen LogP contribution >= 0.6 is 0 Å². The van der Waals surface area contributed by atoms with Crippen molar-refractivity contribution in [2.45, 2.75) is 0 Å². The number of quaternary nitrogens is 1. The van der Waals surface area contributed by atoms with Gasteiger partial charge in [0.05, 0.1) is 20.2 Å². The average Bonchev–Trinajstić information content (AvgIpc) is 1.99. The SMILES string of the molecule is C=CC(=O)[N+](C)(C)C=CC(=O)O. The minimum absolute atomic E-state index is 0.143. The minimum atomic E-state index is -1.07. The number of carboxylic acid groups (broad SMARTS) is 1. The van der Waals surface area contributed by atoms with E-state index in [1.54, 1.807) is 14.1 Å². The van der Waals surface area contributed by atoms with Gasteiger partial charge in [-0.15, -0.1) is 0 Å². The van der Waals surface area contributed by atoms with E-state index in [0.717, 1.165) is 12.2 Å². The molecular formula is C8H12NO3+. The van der Waals surface area contributed by atoms with Gasteiger partial charge in [0.15, 0.2) is 0 Å². The van der Waals surface area contributed by atoms with Crippen molar-refractivity contribution in [3.8, 4) is 0 Å². The molecule has 0 saturated carbocycles. The molecule has 0 rings (SSSR count). The number of carboxylic acids is 1. The van der Waals surface area contributed by atoms with Crippen molar-refractivity contribution >= 4 is 11.9 Å². The molecule has 66 valence electrons. The maximum absolute atomic E-state index is 11.1. The summed E-state index contributed by atoms with van der Waals surface area (Å²) in [7, 11) is 3.15. The second-order valence-electron chi connectivity index (χ2n) is 2.74. The van der Waals surface area contributed by atoms with Crippen LogP contribution in [-0.2, 0) is 9.59 Å². The number of amides is 1. The van der Waals surface area contributed by atoms with E-state index >= 15 is 0 Å². The molecular weight excluding hydrogens is 158 g/mol. The quantitative estimate of drug-likeness (QED) is 0.492. The highest BCUT2D eigenvalue weighted by Gasteiger charge is 2.19. The molecule has 0 aromatic rings. The van der Waals surface area contributed by atoms with Crippen LogP contribution in [0.15, 0.2) is 24.9 Å². The van der Waals surface area contributed by atoms with E-state index in [-0.39, 0.29) is 10.4 Å². The summed E-state index contributed by atoms with van der Waals surface area (Å²) in [6, 6.07) is 0. The molecule has 0 atom stereocenters. The van der Waals surface area contributed by atoms with E-state index in [4.69, 9.17) is 5.11 Å². The summed E-state index contributed by atoms with van der Waals surface area (Å²) in [5.74, 6) is -1.33. The van der Waals surface area contributed by atoms with Crippen LogP contribution in [0.2, 0.25) is 0 Å². The number of hydrogen-bond donors (Lipinski definition) is 1. The summed E-state index contributed by atoms with van der Waals surface area (Å²) in [6.45, 7) is 3.31. The van der Waals surface area contributed by atoms with Gasteiger partial charge >= 0.3 is 11.9 Å². The van der Waals surface area contributed by atoms with Crippen molar-refractivity contribution in [2.24, 2.45) is 0 Å². The molecule has 0 aliphatic heterocycles. The highest BCUT2D eigenvalue weighted by atomic mass is 16.4. The Morgan fingerprint density at radius 3 is 2.25 bits per heavy atom. The van der Waals surface area contributed by atoms with Crippen LogP contribution < -0.4 is 0 Å². The first-order chi connectivity index (χ1) is 5.40. The summed E-state index contributed by atoms with van der Waals surface area (Å²) in [4.78, 5) is 21.2. The Morgan fingerprint density at radius 1 is 1.42 bits per heavy atom. The Balaban J connectivity index is 4.52. The first-order valence-electron chi connectivity index (χ1n) is 3.33. The molecule has 0 aromatic carbocycles. The molecule has 0 aromatic heterocycles. The fourth-order valence-electron chi connectivity index (χ4n) is 0.559. The normalized spacial score (nSPS) is 11.5. The van der Waals surface area contributed by atoms with Gasteiger partial charge in [-0.25, -0.2) is 14.1 Å². The molecule has 4 heteroatoms. The van der Waals surface area contributed by atoms with Gasteiger partial charge in [-0.1, -0.05) is 6.58 Å². The van der Waals surface area contributed by atoms with Gasteiger partial charge in [0.2, 0.25) is 0 Å². The summed E-state index contributed by atoms with van der Waals surface area (Å²) >= 11 is 0. The second-order valence-corrected chi connectivity index (χ2v) is 2.74. The standard InChI is InChI=1S/C8H11NO3/c1-4-7(10)9(2,3)6-5-8(11)12/h4-6H,1H2,2-3H3/p+1. The number of likely N-dealkylation sites (N-methyl/N-ethyl adjacent to an activating group) is 1. The van der Waals surface area contributed by atoms with Gasteiger partial charge in [-0.05, 0) is 0 Å². The van der Waals surface area contributed by atoms with E-state index in [1.807, 2.05) is 0 Å². The molecule has 1 N–H and O–H groups in total. The molecule has 4 nitrogen and oxygen atoms in total. The molecule has 0 aliphatic carbocycles. The lowest BCUT2D eigenvalue weighted by Gasteiger charge is -2.18. The summed E-state index contributed by atoms with van der Waals surface area (Å²) < 4.78 is -0.143. The van der Waals surface area contributed by atoms with Gasteiger partial charge in [0, 0.05) is 6.08 Å². The van der Waals surface area contributed by atoms with Crippen molar-refractivity contribution in [1.82, 2.24) is 0 Å². The van der Waals surface area contributed by atoms with Gasteiger partial charge in [0.25, 0.3) is 0 Å². The fourth-order valence-corrected chi connectivity index (χ4v) is 0.559. The van der Waals surface area contributed by atoms with Gasteiger partial charge in [0.1, 0.15) is 6.20 Å². The van der Waals surface area contributed by atoms with Crippen LogP contribution in [0.4, 0.5) is 0 Å². The predicted octanol–water partition coefficient (Wildman–Crippen LogP) is 0.374. The molecule has 0 fully saturated rings. The van der Waals surface area contributed by atoms with Crippen molar-refractivity contribution in [2.75, 3.05) is 14.1 Å². The molecule has 1 amide bonds. The van der Waals surface area contributed by atoms with E-state index < -0.39 is 5.97 Å². The molecule has 0 saturated heterocycles. The topological polar surface area (TPSA) is 54.4 Å². The lowest BCUT2D eigenvalue weighted by molar-refractivity contribution is -0.756. The number of rotatable bonds is 3. The molecule has 0 spiro atoms. The van der Waals surface area contributed by atoms with Crippen LogP contribution in [0.5, 0.6) is 0 Å². The first kappa shape index (κ1) is 10.6. The smallest absolute Gasteiger partial charge is 0.342 e. The van der Waals surface area contributed by atoms with Crippen LogP contribution in [0, 0.1) is 0 Å². The van der Waals surface area contributed by atoms with E-state index in [0.29, 0.717) is 0 Å². The van der Waals surface area contributed by atoms with Crippen LogP contribution in [0.1, 0.15) is 0 Å². The Hall–Kier alpha value is -1.42. The molecule has 0 aliphatic rings. The molecule has 0 bridgehead atoms. The number of hydrogen-bond acceptors (Lipinski definition) is 2. The van der Waals surface area contributed by atoms with E-state index in [9.17, 15) is 9.59 Å². The highest BCUT2D eigenvalue weighted by molar-refractivity contribution is 5.83. The highest BCUT2D eigenvalue weighted by Crippen LogP contribution is 2.00. The summed E-state index contributed by atoms with van der Waals surface area (Å²) in [5.41, 5.74) is 0. The fraction of sp³-hybridized carbons (Fsp3) is 0.250.